The first-order valence-corrected chi connectivity index (χ1v) is 11.2. The Labute approximate surface area is 171 Å². The number of nitrogens with zero attached hydrogens (tertiary/aromatic N) is 2. The van der Waals surface area contributed by atoms with Crippen molar-refractivity contribution >= 4 is 15.5 Å². The maximum absolute atomic E-state index is 12.1. The van der Waals surface area contributed by atoms with E-state index in [1.54, 1.807) is 24.4 Å². The molecule has 3 aromatic rings. The average molecular weight is 409 g/mol. The van der Waals surface area contributed by atoms with Crippen LogP contribution in [0, 0.1) is 13.8 Å². The minimum absolute atomic E-state index is 0.169. The van der Waals surface area contributed by atoms with Gasteiger partial charge >= 0.3 is 0 Å². The topological polar surface area (TPSA) is 79.6 Å². The lowest BCUT2D eigenvalue weighted by Crippen LogP contribution is -2.12. The molecule has 0 aliphatic heterocycles. The molecule has 1 atom stereocenters. The Bertz CT molecular complexity index is 1150. The van der Waals surface area contributed by atoms with Gasteiger partial charge in [-0.1, -0.05) is 41.6 Å². The zero-order valence-electron chi connectivity index (χ0n) is 16.7. The minimum Gasteiger partial charge on any atom is -0.411 e. The average Bonchev–Trinajstić information content (AvgIpc) is 2.69. The van der Waals surface area contributed by atoms with Gasteiger partial charge in [-0.2, -0.15) is 0 Å². The van der Waals surface area contributed by atoms with Crippen LogP contribution in [0.1, 0.15) is 40.3 Å². The monoisotopic (exact) mass is 408 g/mol. The predicted octanol–water partition coefficient (Wildman–Crippen LogP) is 4.50. The Hall–Kier alpha value is -2.99. The minimum atomic E-state index is -3.33. The predicted molar refractivity (Wildman–Crippen MR) is 114 cm³/mol. The molecule has 0 aliphatic rings. The Balaban J connectivity index is 2.11. The molecular weight excluding hydrogens is 384 g/mol. The van der Waals surface area contributed by atoms with Crippen molar-refractivity contribution in [3.63, 3.8) is 0 Å². The van der Waals surface area contributed by atoms with Crippen LogP contribution in [-0.2, 0) is 9.84 Å². The Morgan fingerprint density at radius 2 is 1.83 bits per heavy atom. The molecule has 0 amide bonds. The number of hydrogen-bond acceptors (Lipinski definition) is 5. The van der Waals surface area contributed by atoms with Crippen molar-refractivity contribution in [1.82, 2.24) is 4.98 Å². The number of rotatable bonds is 6. The first kappa shape index (κ1) is 20.7. The van der Waals surface area contributed by atoms with E-state index < -0.39 is 9.84 Å². The fourth-order valence-corrected chi connectivity index (χ4v) is 4.16. The van der Waals surface area contributed by atoms with E-state index in [1.165, 1.54) is 6.26 Å². The zero-order chi connectivity index (χ0) is 21.0. The van der Waals surface area contributed by atoms with Crippen molar-refractivity contribution in [3.8, 4) is 0 Å². The van der Waals surface area contributed by atoms with Crippen molar-refractivity contribution in [1.29, 1.82) is 0 Å². The first-order valence-electron chi connectivity index (χ1n) is 9.29. The lowest BCUT2D eigenvalue weighted by molar-refractivity contribution is 0.317. The number of benzene rings is 2. The lowest BCUT2D eigenvalue weighted by atomic mass is 9.83. The third-order valence-corrected chi connectivity index (χ3v) is 6.11. The van der Waals surface area contributed by atoms with Gasteiger partial charge in [-0.15, -0.1) is 0 Å². The highest BCUT2D eigenvalue weighted by Gasteiger charge is 2.21. The van der Waals surface area contributed by atoms with Gasteiger partial charge in [0, 0.05) is 36.0 Å². The molecule has 2 aromatic carbocycles. The van der Waals surface area contributed by atoms with E-state index in [-0.39, 0.29) is 10.8 Å². The zero-order valence-corrected chi connectivity index (χ0v) is 17.5. The van der Waals surface area contributed by atoms with Crippen LogP contribution in [0.2, 0.25) is 0 Å². The summed E-state index contributed by atoms with van der Waals surface area (Å²) < 4.78 is 24.2. The van der Waals surface area contributed by atoms with Gasteiger partial charge in [-0.25, -0.2) is 8.42 Å². The summed E-state index contributed by atoms with van der Waals surface area (Å²) in [6.07, 6.45) is 3.30. The molecule has 0 bridgehead atoms. The lowest BCUT2D eigenvalue weighted by Gasteiger charge is -2.21. The number of pyridine rings is 1. The van der Waals surface area contributed by atoms with E-state index in [1.807, 2.05) is 56.3 Å². The van der Waals surface area contributed by atoms with Gasteiger partial charge in [0.25, 0.3) is 0 Å². The maximum atomic E-state index is 12.1. The molecule has 1 N–H and O–H groups in total. The van der Waals surface area contributed by atoms with Gasteiger partial charge < -0.3 is 5.21 Å². The van der Waals surface area contributed by atoms with Gasteiger partial charge in [0.2, 0.25) is 0 Å². The van der Waals surface area contributed by atoms with Crippen LogP contribution in [0.15, 0.2) is 76.9 Å². The Morgan fingerprint density at radius 3 is 2.48 bits per heavy atom. The normalized spacial score (nSPS) is 13.3. The smallest absolute Gasteiger partial charge is 0.175 e. The Morgan fingerprint density at radius 1 is 1.07 bits per heavy atom. The van der Waals surface area contributed by atoms with E-state index in [0.29, 0.717) is 12.1 Å². The van der Waals surface area contributed by atoms with Crippen LogP contribution in [0.3, 0.4) is 0 Å². The van der Waals surface area contributed by atoms with E-state index in [4.69, 9.17) is 0 Å². The van der Waals surface area contributed by atoms with Gasteiger partial charge in [0.15, 0.2) is 9.84 Å². The van der Waals surface area contributed by atoms with E-state index >= 15 is 0 Å². The first-order chi connectivity index (χ1) is 13.8. The molecule has 3 rings (SSSR count). The molecule has 150 valence electrons. The summed E-state index contributed by atoms with van der Waals surface area (Å²) in [5.74, 6) is -0.169. The van der Waals surface area contributed by atoms with Crippen molar-refractivity contribution in [2.24, 2.45) is 5.16 Å². The summed E-state index contributed by atoms with van der Waals surface area (Å²) in [7, 11) is -3.33. The number of aryl methyl sites for hydroxylation is 2. The summed E-state index contributed by atoms with van der Waals surface area (Å²) in [6, 6.07) is 18.6. The highest BCUT2D eigenvalue weighted by molar-refractivity contribution is 7.90. The highest BCUT2D eigenvalue weighted by atomic mass is 32.2. The second kappa shape index (κ2) is 8.57. The largest absolute Gasteiger partial charge is 0.411 e. The molecule has 0 spiro atoms. The van der Waals surface area contributed by atoms with Crippen molar-refractivity contribution in [2.75, 3.05) is 6.26 Å². The van der Waals surface area contributed by atoms with Gasteiger partial charge in [-0.05, 0) is 54.8 Å². The molecule has 29 heavy (non-hydrogen) atoms. The fraction of sp³-hybridized carbons (Fsp3) is 0.217. The van der Waals surface area contributed by atoms with Crippen LogP contribution < -0.4 is 0 Å². The number of oxime groups is 1. The van der Waals surface area contributed by atoms with Crippen LogP contribution >= 0.6 is 0 Å². The fourth-order valence-electron chi connectivity index (χ4n) is 3.48. The third-order valence-electron chi connectivity index (χ3n) is 5.00. The highest BCUT2D eigenvalue weighted by Crippen LogP contribution is 2.33. The van der Waals surface area contributed by atoms with Crippen molar-refractivity contribution < 1.29 is 13.6 Å². The van der Waals surface area contributed by atoms with E-state index in [9.17, 15) is 13.6 Å². The van der Waals surface area contributed by atoms with Crippen LogP contribution in [0.5, 0.6) is 0 Å². The third kappa shape index (κ3) is 4.90. The molecule has 5 nitrogen and oxygen atoms in total. The number of aromatic nitrogens is 1. The van der Waals surface area contributed by atoms with Gasteiger partial charge in [-0.3, -0.25) is 4.98 Å². The molecule has 1 heterocycles. The second-order valence-electron chi connectivity index (χ2n) is 7.19. The van der Waals surface area contributed by atoms with Gasteiger partial charge in [0.1, 0.15) is 0 Å². The maximum Gasteiger partial charge on any atom is 0.175 e. The molecule has 0 saturated carbocycles. The molecule has 0 radical (unpaired) electrons. The van der Waals surface area contributed by atoms with Crippen LogP contribution in [0.4, 0.5) is 0 Å². The summed E-state index contributed by atoms with van der Waals surface area (Å²) in [4.78, 5) is 4.48. The summed E-state index contributed by atoms with van der Waals surface area (Å²) >= 11 is 0. The molecule has 1 aromatic heterocycles. The van der Waals surface area contributed by atoms with Crippen molar-refractivity contribution in [3.05, 3.63) is 94.8 Å². The van der Waals surface area contributed by atoms with Crippen LogP contribution in [-0.4, -0.2) is 30.6 Å². The quantitative estimate of drug-likeness (QED) is 0.370. The standard InChI is InChI=1S/C23H24N2O3S/c1-16-7-4-5-10-21(16)22(18-8-6-9-20(14-18)29(3,27)28)15-23(25-26)19-11-12-24-17(2)13-19/h4-14,22,26H,15H2,1-3H3. The van der Waals surface area contributed by atoms with E-state index in [0.717, 1.165) is 27.9 Å². The molecule has 0 saturated heterocycles. The molecule has 0 fully saturated rings. The summed E-state index contributed by atoms with van der Waals surface area (Å²) in [5, 5.41) is 13.3. The summed E-state index contributed by atoms with van der Waals surface area (Å²) in [5.41, 5.74) is 5.14. The second-order valence-corrected chi connectivity index (χ2v) is 9.21. The van der Waals surface area contributed by atoms with E-state index in [2.05, 4.69) is 10.1 Å². The Kier molecular flexibility index (Phi) is 6.13. The van der Waals surface area contributed by atoms with Crippen LogP contribution in [0.25, 0.3) is 0 Å². The molecule has 6 heteroatoms. The molecule has 1 unspecified atom stereocenters. The SMILES string of the molecule is Cc1cc(C(CC(c2cccc(S(C)(=O)=O)c2)c2ccccc2C)=NO)ccn1. The number of sulfone groups is 1. The van der Waals surface area contributed by atoms with Crippen molar-refractivity contribution in [2.45, 2.75) is 31.1 Å². The molecule has 0 aliphatic carbocycles. The summed E-state index contributed by atoms with van der Waals surface area (Å²) in [6.45, 7) is 3.90. The number of hydrogen-bond donors (Lipinski definition) is 1. The molecular formula is C23H24N2O3S. The van der Waals surface area contributed by atoms with Gasteiger partial charge in [0.05, 0.1) is 10.6 Å².